The van der Waals surface area contributed by atoms with E-state index in [0.29, 0.717) is 34.9 Å². The molecule has 4 heterocycles. The number of rotatable bonds is 6. The molecule has 1 N–H and O–H groups in total. The summed E-state index contributed by atoms with van der Waals surface area (Å²) < 4.78 is 9.25. The molecule has 1 saturated heterocycles. The highest BCUT2D eigenvalue weighted by Gasteiger charge is 2.29. The predicted molar refractivity (Wildman–Crippen MR) is 133 cm³/mol. The number of fused-ring (bicyclic) bond motifs is 1. The summed E-state index contributed by atoms with van der Waals surface area (Å²) in [6, 6.07) is 9.29. The van der Waals surface area contributed by atoms with E-state index in [4.69, 9.17) is 4.74 Å². The zero-order chi connectivity index (χ0) is 25.4. The van der Waals surface area contributed by atoms with E-state index in [1.807, 2.05) is 19.1 Å². The summed E-state index contributed by atoms with van der Waals surface area (Å²) in [6.07, 6.45) is 8.13. The molecule has 10 heteroatoms. The lowest BCUT2D eigenvalue weighted by molar-refractivity contribution is 0.0695. The number of hydrogen-bond acceptors (Lipinski definition) is 7. The Morgan fingerprint density at radius 3 is 2.86 bits per heavy atom. The van der Waals surface area contributed by atoms with Gasteiger partial charge in [-0.25, -0.2) is 9.78 Å². The van der Waals surface area contributed by atoms with Crippen molar-refractivity contribution in [2.24, 2.45) is 7.05 Å². The van der Waals surface area contributed by atoms with E-state index >= 15 is 0 Å². The highest BCUT2D eigenvalue weighted by Crippen LogP contribution is 2.33. The largest absolute Gasteiger partial charge is 0.477 e. The van der Waals surface area contributed by atoms with E-state index in [0.717, 1.165) is 24.9 Å². The van der Waals surface area contributed by atoms with Crippen LogP contribution in [0.3, 0.4) is 0 Å². The molecule has 0 aliphatic carbocycles. The molecule has 1 aliphatic rings. The van der Waals surface area contributed by atoms with Crippen LogP contribution in [-0.4, -0.2) is 49.6 Å². The third-order valence-electron chi connectivity index (χ3n) is 6.50. The van der Waals surface area contributed by atoms with Crippen molar-refractivity contribution in [3.8, 4) is 17.6 Å². The minimum atomic E-state index is -1.33. The first kappa shape index (κ1) is 23.1. The van der Waals surface area contributed by atoms with Gasteiger partial charge in [-0.15, -0.1) is 0 Å². The van der Waals surface area contributed by atoms with Crippen LogP contribution in [0.25, 0.3) is 16.6 Å². The van der Waals surface area contributed by atoms with Crippen LogP contribution in [0.1, 0.15) is 34.3 Å². The van der Waals surface area contributed by atoms with Gasteiger partial charge in [-0.2, -0.15) is 10.4 Å². The molecule has 4 aromatic rings. The first-order chi connectivity index (χ1) is 17.4. The molecule has 10 nitrogen and oxygen atoms in total. The van der Waals surface area contributed by atoms with Crippen LogP contribution < -0.4 is 15.1 Å². The maximum atomic E-state index is 13.1. The van der Waals surface area contributed by atoms with Gasteiger partial charge in [0.05, 0.1) is 34.7 Å². The molecule has 1 atom stereocenters. The van der Waals surface area contributed by atoms with Crippen LogP contribution >= 0.6 is 0 Å². The van der Waals surface area contributed by atoms with Crippen LogP contribution in [0.5, 0.6) is 5.88 Å². The lowest BCUT2D eigenvalue weighted by atomic mass is 10.0. The Hall–Kier alpha value is -4.65. The monoisotopic (exact) mass is 484 g/mol. The lowest BCUT2D eigenvalue weighted by Crippen LogP contribution is -2.35. The highest BCUT2D eigenvalue weighted by molar-refractivity contribution is 5.95. The fourth-order valence-corrected chi connectivity index (χ4v) is 4.71. The summed E-state index contributed by atoms with van der Waals surface area (Å²) in [5.74, 6) is -0.751. The van der Waals surface area contributed by atoms with Crippen molar-refractivity contribution < 1.29 is 14.6 Å². The number of nitriles is 1. The molecule has 0 unspecified atom stereocenters. The topological polar surface area (TPSA) is 126 Å². The zero-order valence-electron chi connectivity index (χ0n) is 19.9. The number of aromatic nitrogens is 4. The summed E-state index contributed by atoms with van der Waals surface area (Å²) in [5.41, 5.74) is 2.02. The third kappa shape index (κ3) is 4.05. The summed E-state index contributed by atoms with van der Waals surface area (Å²) >= 11 is 0. The van der Waals surface area contributed by atoms with Crippen molar-refractivity contribution in [1.29, 1.82) is 5.26 Å². The Morgan fingerprint density at radius 2 is 2.17 bits per heavy atom. The van der Waals surface area contributed by atoms with Crippen molar-refractivity contribution >= 4 is 22.6 Å². The molecule has 0 spiro atoms. The van der Waals surface area contributed by atoms with Gasteiger partial charge in [0, 0.05) is 43.1 Å². The number of aromatic carboxylic acids is 1. The molecule has 1 fully saturated rings. The lowest BCUT2D eigenvalue weighted by Gasteiger charge is -2.28. The number of hydrogen-bond donors (Lipinski definition) is 1. The second-order valence-corrected chi connectivity index (χ2v) is 8.84. The highest BCUT2D eigenvalue weighted by atomic mass is 16.5. The van der Waals surface area contributed by atoms with Crippen LogP contribution in [0, 0.1) is 18.3 Å². The summed E-state index contributed by atoms with van der Waals surface area (Å²) in [4.78, 5) is 31.3. The first-order valence-electron chi connectivity index (χ1n) is 11.5. The number of carboxylic acid groups (broad SMARTS) is 1. The molecule has 0 bridgehead atoms. The number of carbonyl (C=O) groups is 1. The molecule has 182 valence electrons. The second kappa shape index (κ2) is 9.19. The molecule has 1 aromatic carbocycles. The second-order valence-electron chi connectivity index (χ2n) is 8.84. The van der Waals surface area contributed by atoms with Gasteiger partial charge in [0.15, 0.2) is 0 Å². The van der Waals surface area contributed by atoms with Gasteiger partial charge in [-0.1, -0.05) is 6.07 Å². The number of benzene rings is 1. The van der Waals surface area contributed by atoms with Crippen LogP contribution in [0.2, 0.25) is 0 Å². The Bertz CT molecular complexity index is 1580. The SMILES string of the molecule is Cc1cccnc1OC[C@H]1CCCN1c1cc2c(cc1C#N)c(=O)c(C(=O)O)cn2-c1cnn(C)c1. The summed E-state index contributed by atoms with van der Waals surface area (Å²) in [6.45, 7) is 3.06. The number of nitrogens with zero attached hydrogens (tertiary/aromatic N) is 6. The van der Waals surface area contributed by atoms with Crippen molar-refractivity contribution in [2.45, 2.75) is 25.8 Å². The molecule has 1 aliphatic heterocycles. The van der Waals surface area contributed by atoms with Crippen molar-refractivity contribution in [1.82, 2.24) is 19.3 Å². The summed E-state index contributed by atoms with van der Waals surface area (Å²) in [7, 11) is 1.75. The van der Waals surface area contributed by atoms with Crippen LogP contribution in [0.4, 0.5) is 5.69 Å². The Kier molecular flexibility index (Phi) is 5.90. The van der Waals surface area contributed by atoms with Crippen LogP contribution in [0.15, 0.2) is 53.8 Å². The summed E-state index contributed by atoms with van der Waals surface area (Å²) in [5, 5.41) is 24.0. The smallest absolute Gasteiger partial charge is 0.341 e. The molecule has 0 saturated carbocycles. The average molecular weight is 485 g/mol. The standard InChI is InChI=1S/C26H24N6O4/c1-16-5-3-7-28-25(16)36-15-18-6-4-8-31(18)22-10-23-20(9-17(22)11-27)24(33)21(26(34)35)14-32(23)19-12-29-30(2)13-19/h3,5,7,9-10,12-14,18H,4,6,8,15H2,1-2H3,(H,34,35)/t18-/m1/s1. The zero-order valence-corrected chi connectivity index (χ0v) is 19.9. The van der Waals surface area contributed by atoms with E-state index in [9.17, 15) is 20.0 Å². The fourth-order valence-electron chi connectivity index (χ4n) is 4.71. The minimum absolute atomic E-state index is 0.00723. The molecule has 3 aromatic heterocycles. The number of pyridine rings is 2. The maximum absolute atomic E-state index is 13.1. The molecule has 36 heavy (non-hydrogen) atoms. The Morgan fingerprint density at radius 1 is 1.33 bits per heavy atom. The Labute approximate surface area is 206 Å². The maximum Gasteiger partial charge on any atom is 0.341 e. The van der Waals surface area contributed by atoms with Crippen molar-refractivity contribution in [3.05, 3.63) is 76.0 Å². The van der Waals surface area contributed by atoms with Crippen molar-refractivity contribution in [2.75, 3.05) is 18.1 Å². The quantitative estimate of drug-likeness (QED) is 0.443. The third-order valence-corrected chi connectivity index (χ3v) is 6.50. The van der Waals surface area contributed by atoms with Gasteiger partial charge >= 0.3 is 5.97 Å². The van der Waals surface area contributed by atoms with Gasteiger partial charge in [-0.05, 0) is 38.0 Å². The predicted octanol–water partition coefficient (Wildman–Crippen LogP) is 3.05. The number of anilines is 1. The van der Waals surface area contributed by atoms with Gasteiger partial charge in [0.2, 0.25) is 11.3 Å². The van der Waals surface area contributed by atoms with E-state index in [1.165, 1.54) is 12.3 Å². The number of carboxylic acids is 1. The number of aryl methyl sites for hydroxylation is 2. The van der Waals surface area contributed by atoms with Crippen molar-refractivity contribution in [3.63, 3.8) is 0 Å². The van der Waals surface area contributed by atoms with E-state index in [2.05, 4.69) is 21.1 Å². The average Bonchev–Trinajstić information content (AvgIpc) is 3.51. The molecule has 5 rings (SSSR count). The minimum Gasteiger partial charge on any atom is -0.477 e. The van der Waals surface area contributed by atoms with Gasteiger partial charge in [-0.3, -0.25) is 9.48 Å². The first-order valence-corrected chi connectivity index (χ1v) is 11.5. The van der Waals surface area contributed by atoms with Crippen LogP contribution in [-0.2, 0) is 7.05 Å². The fraction of sp³-hybridized carbons (Fsp3) is 0.269. The van der Waals surface area contributed by atoms with Gasteiger partial charge in [0.1, 0.15) is 18.2 Å². The Balaban J connectivity index is 1.62. The molecule has 0 amide bonds. The normalized spacial score (nSPS) is 15.2. The molecular formula is C26H24N6O4. The molecular weight excluding hydrogens is 460 g/mol. The van der Waals surface area contributed by atoms with Gasteiger partial charge < -0.3 is 19.3 Å². The van der Waals surface area contributed by atoms with E-state index in [1.54, 1.807) is 41.0 Å². The number of ether oxygens (including phenoxy) is 1. The molecule has 0 radical (unpaired) electrons. The van der Waals surface area contributed by atoms with E-state index in [-0.39, 0.29) is 17.0 Å². The van der Waals surface area contributed by atoms with E-state index < -0.39 is 11.4 Å². The van der Waals surface area contributed by atoms with Gasteiger partial charge in [0.25, 0.3) is 0 Å².